The van der Waals surface area contributed by atoms with Crippen LogP contribution in [-0.2, 0) is 4.79 Å². The van der Waals surface area contributed by atoms with E-state index in [4.69, 9.17) is 0 Å². The first kappa shape index (κ1) is 16.7. The van der Waals surface area contributed by atoms with Gasteiger partial charge in [0.1, 0.15) is 0 Å². The van der Waals surface area contributed by atoms with Crippen LogP contribution in [0.25, 0.3) is 0 Å². The van der Waals surface area contributed by atoms with Crippen molar-refractivity contribution in [3.63, 3.8) is 0 Å². The number of anilines is 1. The number of hydrogen-bond acceptors (Lipinski definition) is 3. The molecule has 0 aliphatic heterocycles. The molecule has 2 aliphatic carbocycles. The van der Waals surface area contributed by atoms with E-state index in [0.29, 0.717) is 11.5 Å². The molecule has 128 valence electrons. The average molecular weight is 327 g/mol. The third kappa shape index (κ3) is 4.43. The Morgan fingerprint density at radius 1 is 0.958 bits per heavy atom. The molecule has 1 aromatic carbocycles. The van der Waals surface area contributed by atoms with Crippen molar-refractivity contribution in [2.45, 2.75) is 51.9 Å². The van der Waals surface area contributed by atoms with Crippen molar-refractivity contribution in [1.82, 2.24) is 5.43 Å². The molecule has 0 aromatic heterocycles. The normalized spacial score (nSPS) is 19.0. The second kappa shape index (κ2) is 7.60. The number of nitrogens with one attached hydrogen (secondary N) is 2. The summed E-state index contributed by atoms with van der Waals surface area (Å²) in [4.78, 5) is 24.3. The quantitative estimate of drug-likeness (QED) is 0.639. The van der Waals surface area contributed by atoms with Gasteiger partial charge in [-0.1, -0.05) is 19.3 Å². The van der Waals surface area contributed by atoms with Gasteiger partial charge in [-0.05, 0) is 62.8 Å². The van der Waals surface area contributed by atoms with Gasteiger partial charge < -0.3 is 5.32 Å². The fourth-order valence-corrected chi connectivity index (χ4v) is 3.11. The van der Waals surface area contributed by atoms with Crippen molar-refractivity contribution in [1.29, 1.82) is 0 Å². The number of rotatable bonds is 5. The van der Waals surface area contributed by atoms with Gasteiger partial charge in [-0.3, -0.25) is 9.59 Å². The maximum atomic E-state index is 12.2. The van der Waals surface area contributed by atoms with E-state index in [0.717, 1.165) is 37.1 Å². The monoisotopic (exact) mass is 327 g/mol. The van der Waals surface area contributed by atoms with Crippen molar-refractivity contribution in [3.05, 3.63) is 29.8 Å². The van der Waals surface area contributed by atoms with E-state index < -0.39 is 0 Å². The third-order valence-electron chi connectivity index (χ3n) is 4.89. The van der Waals surface area contributed by atoms with Crippen LogP contribution in [0.2, 0.25) is 0 Å². The molecule has 1 aromatic rings. The lowest BCUT2D eigenvalue weighted by molar-refractivity contribution is -0.120. The molecule has 2 fully saturated rings. The molecule has 0 saturated heterocycles. The molecule has 5 nitrogen and oxygen atoms in total. The molecule has 2 N–H and O–H groups in total. The summed E-state index contributed by atoms with van der Waals surface area (Å²) >= 11 is 0. The summed E-state index contributed by atoms with van der Waals surface area (Å²) in [6.07, 6.45) is 7.79. The highest BCUT2D eigenvalue weighted by atomic mass is 16.2. The molecule has 2 aliphatic rings. The summed E-state index contributed by atoms with van der Waals surface area (Å²) < 4.78 is 0. The number of amides is 2. The van der Waals surface area contributed by atoms with Crippen LogP contribution in [-0.4, -0.2) is 17.5 Å². The minimum Gasteiger partial charge on any atom is -0.326 e. The van der Waals surface area contributed by atoms with Crippen LogP contribution in [0.5, 0.6) is 0 Å². The van der Waals surface area contributed by atoms with E-state index >= 15 is 0 Å². The van der Waals surface area contributed by atoms with E-state index in [2.05, 4.69) is 15.8 Å². The number of carbonyl (C=O) groups is 2. The van der Waals surface area contributed by atoms with Crippen LogP contribution in [0.1, 0.15) is 62.2 Å². The Kier molecular flexibility index (Phi) is 5.28. The average Bonchev–Trinajstić information content (AvgIpc) is 3.46. The topological polar surface area (TPSA) is 70.6 Å². The number of hydrogen-bond donors (Lipinski definition) is 2. The molecule has 0 atom stereocenters. The summed E-state index contributed by atoms with van der Waals surface area (Å²) in [7, 11) is 0. The minimum atomic E-state index is -0.222. The van der Waals surface area contributed by atoms with Crippen LogP contribution in [0.4, 0.5) is 5.69 Å². The first-order valence-corrected chi connectivity index (χ1v) is 8.89. The Hall–Kier alpha value is -2.17. The smallest absolute Gasteiger partial charge is 0.271 e. The van der Waals surface area contributed by atoms with Gasteiger partial charge in [0.2, 0.25) is 5.91 Å². The Balaban J connectivity index is 1.53. The molecule has 3 rings (SSSR count). The second-order valence-corrected chi connectivity index (χ2v) is 6.87. The Morgan fingerprint density at radius 3 is 2.25 bits per heavy atom. The van der Waals surface area contributed by atoms with Crippen molar-refractivity contribution < 1.29 is 9.59 Å². The molecule has 0 unspecified atom stereocenters. The third-order valence-corrected chi connectivity index (χ3v) is 4.89. The zero-order valence-corrected chi connectivity index (χ0v) is 14.2. The van der Waals surface area contributed by atoms with Crippen LogP contribution in [0.15, 0.2) is 29.4 Å². The first-order valence-electron chi connectivity index (χ1n) is 8.89. The van der Waals surface area contributed by atoms with Gasteiger partial charge in [0, 0.05) is 22.9 Å². The van der Waals surface area contributed by atoms with E-state index in [1.165, 1.54) is 19.3 Å². The first-order chi connectivity index (χ1) is 11.6. The van der Waals surface area contributed by atoms with Gasteiger partial charge in [-0.25, -0.2) is 5.43 Å². The van der Waals surface area contributed by atoms with Gasteiger partial charge in [-0.15, -0.1) is 0 Å². The molecule has 0 heterocycles. The van der Waals surface area contributed by atoms with Crippen molar-refractivity contribution >= 4 is 23.2 Å². The lowest BCUT2D eigenvalue weighted by Crippen LogP contribution is -2.24. The van der Waals surface area contributed by atoms with Crippen molar-refractivity contribution in [3.8, 4) is 0 Å². The number of carbonyl (C=O) groups excluding carboxylic acids is 2. The zero-order valence-electron chi connectivity index (χ0n) is 14.2. The van der Waals surface area contributed by atoms with Crippen LogP contribution in [0, 0.1) is 11.8 Å². The van der Waals surface area contributed by atoms with Gasteiger partial charge in [0.25, 0.3) is 5.91 Å². The number of benzene rings is 1. The highest BCUT2D eigenvalue weighted by molar-refractivity contribution is 5.97. The van der Waals surface area contributed by atoms with Gasteiger partial charge in [0.15, 0.2) is 0 Å². The van der Waals surface area contributed by atoms with Gasteiger partial charge >= 0.3 is 0 Å². The predicted octanol–water partition coefficient (Wildman–Crippen LogP) is 3.72. The Labute approximate surface area is 142 Å². The second-order valence-electron chi connectivity index (χ2n) is 6.87. The molecular weight excluding hydrogens is 302 g/mol. The summed E-state index contributed by atoms with van der Waals surface area (Å²) in [5, 5.41) is 7.09. The highest BCUT2D eigenvalue weighted by Crippen LogP contribution is 2.30. The minimum absolute atomic E-state index is 0.0940. The summed E-state index contributed by atoms with van der Waals surface area (Å²) in [6, 6.07) is 6.97. The number of nitrogens with zero attached hydrogens (tertiary/aromatic N) is 1. The Morgan fingerprint density at radius 2 is 1.62 bits per heavy atom. The van der Waals surface area contributed by atoms with Crippen molar-refractivity contribution in [2.24, 2.45) is 16.9 Å². The Bertz CT molecular complexity index is 627. The largest absolute Gasteiger partial charge is 0.326 e. The molecule has 24 heavy (non-hydrogen) atoms. The van der Waals surface area contributed by atoms with E-state index in [1.54, 1.807) is 24.3 Å². The van der Waals surface area contributed by atoms with E-state index in [-0.39, 0.29) is 17.7 Å². The lowest BCUT2D eigenvalue weighted by Gasteiger charge is -2.20. The maximum Gasteiger partial charge on any atom is 0.271 e. The fourth-order valence-electron chi connectivity index (χ4n) is 3.11. The summed E-state index contributed by atoms with van der Waals surface area (Å²) in [5.74, 6) is 0.542. The SMILES string of the molecule is C/C(=N\NC(=O)c1ccc(NC(=O)C2CCCCC2)cc1)C1CC1. The molecule has 0 bridgehead atoms. The summed E-state index contributed by atoms with van der Waals surface area (Å²) in [6.45, 7) is 1.95. The molecule has 2 amide bonds. The molecule has 2 saturated carbocycles. The zero-order chi connectivity index (χ0) is 16.9. The van der Waals surface area contributed by atoms with Crippen LogP contribution >= 0.6 is 0 Å². The molecular formula is C19H25N3O2. The number of hydrazone groups is 1. The van der Waals surface area contributed by atoms with Gasteiger partial charge in [0.05, 0.1) is 0 Å². The fraction of sp³-hybridized carbons (Fsp3) is 0.526. The lowest BCUT2D eigenvalue weighted by atomic mass is 9.88. The van der Waals surface area contributed by atoms with Crippen LogP contribution < -0.4 is 10.7 Å². The van der Waals surface area contributed by atoms with Crippen molar-refractivity contribution in [2.75, 3.05) is 5.32 Å². The predicted molar refractivity (Wildman–Crippen MR) is 94.9 cm³/mol. The van der Waals surface area contributed by atoms with Crippen LogP contribution in [0.3, 0.4) is 0 Å². The highest BCUT2D eigenvalue weighted by Gasteiger charge is 2.24. The van der Waals surface area contributed by atoms with Gasteiger partial charge in [-0.2, -0.15) is 5.10 Å². The standard InChI is InChI=1S/C19H25N3O2/c1-13(14-7-8-14)21-22-19(24)16-9-11-17(12-10-16)20-18(23)15-5-3-2-4-6-15/h9-12,14-15H,2-8H2,1H3,(H,20,23)(H,22,24)/b21-13+. The maximum absolute atomic E-state index is 12.2. The molecule has 0 radical (unpaired) electrons. The van der Waals surface area contributed by atoms with E-state index in [9.17, 15) is 9.59 Å². The molecule has 0 spiro atoms. The molecule has 5 heteroatoms. The van der Waals surface area contributed by atoms with E-state index in [1.807, 2.05) is 6.92 Å². The summed E-state index contributed by atoms with van der Waals surface area (Å²) in [5.41, 5.74) is 4.86.